The van der Waals surface area contributed by atoms with Gasteiger partial charge in [-0.15, -0.1) is 11.3 Å². The van der Waals surface area contributed by atoms with Crippen LogP contribution in [0, 0.1) is 0 Å². The Morgan fingerprint density at radius 2 is 2.31 bits per heavy atom. The van der Waals surface area contributed by atoms with Crippen molar-refractivity contribution < 1.29 is 13.5 Å². The minimum Gasteiger partial charge on any atom is -0.395 e. The highest BCUT2D eigenvalue weighted by atomic mass is 35.5. The van der Waals surface area contributed by atoms with Gasteiger partial charge >= 0.3 is 0 Å². The Morgan fingerprint density at radius 1 is 1.56 bits per heavy atom. The summed E-state index contributed by atoms with van der Waals surface area (Å²) in [6.07, 6.45) is 1.51. The van der Waals surface area contributed by atoms with E-state index in [-0.39, 0.29) is 16.9 Å². The zero-order chi connectivity index (χ0) is 11.8. The van der Waals surface area contributed by atoms with E-state index < -0.39 is 10.0 Å². The van der Waals surface area contributed by atoms with Gasteiger partial charge in [-0.05, 0) is 25.0 Å². The number of sulfonamides is 1. The summed E-state index contributed by atoms with van der Waals surface area (Å²) in [6.45, 7) is 0.349. The molecule has 1 aliphatic heterocycles. The lowest BCUT2D eigenvalue weighted by Crippen LogP contribution is -2.37. The molecule has 0 spiro atoms. The van der Waals surface area contributed by atoms with Gasteiger partial charge in [0.2, 0.25) is 0 Å². The molecule has 0 unspecified atom stereocenters. The summed E-state index contributed by atoms with van der Waals surface area (Å²) in [4.78, 5) is 0. The topological polar surface area (TPSA) is 57.6 Å². The monoisotopic (exact) mass is 281 g/mol. The van der Waals surface area contributed by atoms with E-state index in [9.17, 15) is 8.42 Å². The number of halogens is 1. The fourth-order valence-electron chi connectivity index (χ4n) is 1.86. The van der Waals surface area contributed by atoms with Crippen molar-refractivity contribution in [3.05, 3.63) is 16.5 Å². The van der Waals surface area contributed by atoms with Crippen LogP contribution in [0.2, 0.25) is 4.34 Å². The molecule has 0 saturated carbocycles. The summed E-state index contributed by atoms with van der Waals surface area (Å²) < 4.78 is 26.4. The third-order valence-electron chi connectivity index (χ3n) is 2.65. The zero-order valence-electron chi connectivity index (χ0n) is 8.47. The first kappa shape index (κ1) is 12.3. The molecule has 1 aromatic rings. The quantitative estimate of drug-likeness (QED) is 0.914. The summed E-state index contributed by atoms with van der Waals surface area (Å²) in [5.74, 6) is 0. The van der Waals surface area contributed by atoms with Crippen LogP contribution in [0.5, 0.6) is 0 Å². The van der Waals surface area contributed by atoms with Gasteiger partial charge in [0.25, 0.3) is 10.0 Å². The molecule has 0 bridgehead atoms. The first-order valence-corrected chi connectivity index (χ1v) is 7.57. The van der Waals surface area contributed by atoms with Gasteiger partial charge in [0.05, 0.1) is 10.9 Å². The molecule has 1 fully saturated rings. The Bertz CT molecular complexity index is 471. The Balaban J connectivity index is 2.32. The summed E-state index contributed by atoms with van der Waals surface area (Å²) in [5, 5.41) is 9.12. The number of hydrogen-bond donors (Lipinski definition) is 1. The van der Waals surface area contributed by atoms with Crippen LogP contribution in [-0.4, -0.2) is 37.0 Å². The van der Waals surface area contributed by atoms with E-state index in [0.717, 1.165) is 24.2 Å². The molecular formula is C9H12ClNO3S2. The molecule has 2 rings (SSSR count). The molecule has 1 saturated heterocycles. The van der Waals surface area contributed by atoms with Crippen LogP contribution in [0.3, 0.4) is 0 Å². The molecule has 0 radical (unpaired) electrons. The zero-order valence-corrected chi connectivity index (χ0v) is 10.9. The predicted octanol–water partition coefficient (Wildman–Crippen LogP) is 1.55. The average molecular weight is 282 g/mol. The van der Waals surface area contributed by atoms with Crippen molar-refractivity contribution in [1.82, 2.24) is 4.31 Å². The Kier molecular flexibility index (Phi) is 3.56. The maximum absolute atomic E-state index is 12.2. The second-order valence-corrected chi connectivity index (χ2v) is 7.49. The molecule has 7 heteroatoms. The van der Waals surface area contributed by atoms with Gasteiger partial charge in [0.1, 0.15) is 4.21 Å². The summed E-state index contributed by atoms with van der Waals surface area (Å²) >= 11 is 6.78. The van der Waals surface area contributed by atoms with E-state index in [1.54, 1.807) is 6.07 Å². The van der Waals surface area contributed by atoms with Crippen molar-refractivity contribution in [2.45, 2.75) is 23.1 Å². The smallest absolute Gasteiger partial charge is 0.252 e. The second-order valence-electron chi connectivity index (χ2n) is 3.65. The van der Waals surface area contributed by atoms with E-state index in [4.69, 9.17) is 16.7 Å². The molecule has 1 aliphatic rings. The van der Waals surface area contributed by atoms with Crippen LogP contribution in [0.25, 0.3) is 0 Å². The van der Waals surface area contributed by atoms with Crippen molar-refractivity contribution in [3.63, 3.8) is 0 Å². The van der Waals surface area contributed by atoms with Crippen LogP contribution in [-0.2, 0) is 10.0 Å². The minimum absolute atomic E-state index is 0.127. The van der Waals surface area contributed by atoms with Crippen LogP contribution < -0.4 is 0 Å². The van der Waals surface area contributed by atoms with E-state index in [2.05, 4.69) is 0 Å². The maximum Gasteiger partial charge on any atom is 0.252 e. The van der Waals surface area contributed by atoms with Crippen molar-refractivity contribution >= 4 is 33.0 Å². The highest BCUT2D eigenvalue weighted by Crippen LogP contribution is 2.31. The SMILES string of the molecule is O=S(=O)(c1ccc(Cl)s1)N1CCC[C@@H]1CO. The van der Waals surface area contributed by atoms with Crippen LogP contribution >= 0.6 is 22.9 Å². The van der Waals surface area contributed by atoms with E-state index in [0.29, 0.717) is 10.9 Å². The van der Waals surface area contributed by atoms with Gasteiger partial charge < -0.3 is 5.11 Å². The minimum atomic E-state index is -3.47. The number of nitrogens with zero attached hydrogens (tertiary/aromatic N) is 1. The fourth-order valence-corrected chi connectivity index (χ4v) is 5.16. The van der Waals surface area contributed by atoms with Gasteiger partial charge in [0.15, 0.2) is 0 Å². The molecule has 1 N–H and O–H groups in total. The summed E-state index contributed by atoms with van der Waals surface area (Å²) in [5.41, 5.74) is 0. The Morgan fingerprint density at radius 3 is 2.88 bits per heavy atom. The van der Waals surface area contributed by atoms with E-state index in [1.165, 1.54) is 10.4 Å². The summed E-state index contributed by atoms with van der Waals surface area (Å²) in [6, 6.07) is 2.80. The lowest BCUT2D eigenvalue weighted by molar-refractivity contribution is 0.213. The number of rotatable bonds is 3. The second kappa shape index (κ2) is 4.62. The van der Waals surface area contributed by atoms with E-state index >= 15 is 0 Å². The molecule has 4 nitrogen and oxygen atoms in total. The molecule has 2 heterocycles. The third-order valence-corrected chi connectivity index (χ3v) is 6.30. The molecule has 1 aromatic heterocycles. The molecule has 16 heavy (non-hydrogen) atoms. The predicted molar refractivity (Wildman–Crippen MR) is 63.3 cm³/mol. The first-order chi connectivity index (χ1) is 7.55. The lowest BCUT2D eigenvalue weighted by Gasteiger charge is -2.21. The number of hydrogen-bond acceptors (Lipinski definition) is 4. The summed E-state index contributed by atoms with van der Waals surface area (Å²) in [7, 11) is -3.47. The molecular weight excluding hydrogens is 270 g/mol. The largest absolute Gasteiger partial charge is 0.395 e. The van der Waals surface area contributed by atoms with Crippen LogP contribution in [0.1, 0.15) is 12.8 Å². The Labute approximate surface area is 104 Å². The van der Waals surface area contributed by atoms with E-state index in [1.807, 2.05) is 0 Å². The van der Waals surface area contributed by atoms with Gasteiger partial charge in [-0.25, -0.2) is 8.42 Å². The van der Waals surface area contributed by atoms with Crippen LogP contribution in [0.15, 0.2) is 16.3 Å². The normalized spacial score (nSPS) is 22.8. The average Bonchev–Trinajstić information content (AvgIpc) is 2.85. The first-order valence-electron chi connectivity index (χ1n) is 4.94. The molecule has 0 amide bonds. The van der Waals surface area contributed by atoms with Gasteiger partial charge in [-0.2, -0.15) is 4.31 Å². The molecule has 0 aliphatic carbocycles. The van der Waals surface area contributed by atoms with Crippen molar-refractivity contribution in [3.8, 4) is 0 Å². The van der Waals surface area contributed by atoms with Gasteiger partial charge in [-0.1, -0.05) is 11.6 Å². The maximum atomic E-state index is 12.2. The van der Waals surface area contributed by atoms with Crippen molar-refractivity contribution in [2.24, 2.45) is 0 Å². The molecule has 0 aromatic carbocycles. The fraction of sp³-hybridized carbons (Fsp3) is 0.556. The lowest BCUT2D eigenvalue weighted by atomic mass is 10.2. The number of aliphatic hydroxyl groups excluding tert-OH is 1. The highest BCUT2D eigenvalue weighted by Gasteiger charge is 2.35. The highest BCUT2D eigenvalue weighted by molar-refractivity contribution is 7.91. The molecule has 1 atom stereocenters. The van der Waals surface area contributed by atoms with Gasteiger partial charge in [0, 0.05) is 12.6 Å². The van der Waals surface area contributed by atoms with Crippen molar-refractivity contribution in [2.75, 3.05) is 13.2 Å². The van der Waals surface area contributed by atoms with Crippen molar-refractivity contribution in [1.29, 1.82) is 0 Å². The third kappa shape index (κ3) is 2.12. The number of aliphatic hydroxyl groups is 1. The standard InChI is InChI=1S/C9H12ClNO3S2/c10-8-3-4-9(15-8)16(13,14)11-5-1-2-7(11)6-12/h3-4,7,12H,1-2,5-6H2/t7-/m1/s1. The van der Waals surface area contributed by atoms with Gasteiger partial charge in [-0.3, -0.25) is 0 Å². The number of thiophene rings is 1. The Hall–Kier alpha value is -0.140. The van der Waals surface area contributed by atoms with Crippen LogP contribution in [0.4, 0.5) is 0 Å². The molecule has 90 valence electrons.